The Morgan fingerprint density at radius 2 is 2.20 bits per heavy atom. The van der Waals surface area contributed by atoms with Gasteiger partial charge in [-0.25, -0.2) is 0 Å². The van der Waals surface area contributed by atoms with Gasteiger partial charge in [0.2, 0.25) is 5.91 Å². The normalized spacial score (nSPS) is 15.6. The number of hydrogen-bond donors (Lipinski definition) is 1. The van der Waals surface area contributed by atoms with Crippen molar-refractivity contribution in [3.8, 4) is 16.5 Å². The number of fused-ring (bicyclic) bond motifs is 1. The van der Waals surface area contributed by atoms with E-state index in [1.807, 2.05) is 47.2 Å². The van der Waals surface area contributed by atoms with Crippen molar-refractivity contribution in [2.45, 2.75) is 37.8 Å². The molecule has 0 bridgehead atoms. The zero-order chi connectivity index (χ0) is 21.1. The molecule has 1 atom stereocenters. The molecule has 1 aliphatic carbocycles. The summed E-state index contributed by atoms with van der Waals surface area (Å²) >= 11 is 3.22. The molecule has 0 unspecified atom stereocenters. The molecule has 30 heavy (non-hydrogen) atoms. The predicted molar refractivity (Wildman–Crippen MR) is 122 cm³/mol. The molecule has 1 aromatic carbocycles. The van der Waals surface area contributed by atoms with Gasteiger partial charge in [0.25, 0.3) is 0 Å². The molecule has 1 aliphatic rings. The second-order valence-corrected chi connectivity index (χ2v) is 9.56. The minimum atomic E-state index is -0.105. The molecule has 6 nitrogen and oxygen atoms in total. The molecule has 1 amide bonds. The first-order valence-electron chi connectivity index (χ1n) is 10.2. The Labute approximate surface area is 185 Å². The second kappa shape index (κ2) is 9.22. The average molecular weight is 443 g/mol. The number of rotatable bonds is 7. The Morgan fingerprint density at radius 3 is 3.00 bits per heavy atom. The van der Waals surface area contributed by atoms with Gasteiger partial charge in [0.15, 0.2) is 11.0 Å². The predicted octanol–water partition coefficient (Wildman–Crippen LogP) is 4.80. The maximum absolute atomic E-state index is 12.4. The Morgan fingerprint density at radius 1 is 1.37 bits per heavy atom. The number of para-hydroxylation sites is 2. The average Bonchev–Trinajstić information content (AvgIpc) is 3.34. The summed E-state index contributed by atoms with van der Waals surface area (Å²) in [7, 11) is 3.55. The Bertz CT molecular complexity index is 1040. The van der Waals surface area contributed by atoms with Gasteiger partial charge in [0.05, 0.1) is 23.4 Å². The van der Waals surface area contributed by atoms with E-state index in [-0.39, 0.29) is 11.7 Å². The summed E-state index contributed by atoms with van der Waals surface area (Å²) in [4.78, 5) is 15.0. The van der Waals surface area contributed by atoms with Crippen molar-refractivity contribution in [3.63, 3.8) is 0 Å². The second-order valence-electron chi connectivity index (χ2n) is 7.48. The van der Waals surface area contributed by atoms with Crippen molar-refractivity contribution in [1.29, 1.82) is 0 Å². The zero-order valence-corrected chi connectivity index (χ0v) is 19.1. The van der Waals surface area contributed by atoms with Gasteiger partial charge in [-0.05, 0) is 48.9 Å². The van der Waals surface area contributed by atoms with Crippen molar-refractivity contribution in [2.24, 2.45) is 13.0 Å². The first-order chi connectivity index (χ1) is 14.6. The van der Waals surface area contributed by atoms with Crippen LogP contribution >= 0.6 is 23.1 Å². The summed E-state index contributed by atoms with van der Waals surface area (Å²) < 4.78 is 7.26. The number of nitrogens with one attached hydrogen (secondary N) is 1. The van der Waals surface area contributed by atoms with Crippen LogP contribution in [0.4, 0.5) is 5.69 Å². The van der Waals surface area contributed by atoms with E-state index in [1.54, 1.807) is 7.11 Å². The molecule has 0 fully saturated rings. The van der Waals surface area contributed by atoms with Crippen LogP contribution in [0, 0.1) is 5.92 Å². The van der Waals surface area contributed by atoms with Gasteiger partial charge in [-0.2, -0.15) is 0 Å². The molecule has 0 saturated carbocycles. The highest BCUT2D eigenvalue weighted by atomic mass is 32.2. The smallest absolute Gasteiger partial charge is 0.234 e. The van der Waals surface area contributed by atoms with Gasteiger partial charge in [0.1, 0.15) is 5.75 Å². The van der Waals surface area contributed by atoms with Crippen molar-refractivity contribution < 1.29 is 9.53 Å². The van der Waals surface area contributed by atoms with E-state index in [1.165, 1.54) is 47.9 Å². The number of aryl methyl sites for hydroxylation is 1. The zero-order valence-electron chi connectivity index (χ0n) is 17.5. The van der Waals surface area contributed by atoms with E-state index in [0.717, 1.165) is 21.8 Å². The number of thioether (sulfide) groups is 1. The molecule has 3 aromatic rings. The number of ether oxygens (including phenoxy) is 1. The number of amides is 1. The monoisotopic (exact) mass is 442 g/mol. The summed E-state index contributed by atoms with van der Waals surface area (Å²) in [5.74, 6) is 2.46. The first kappa shape index (κ1) is 20.9. The lowest BCUT2D eigenvalue weighted by atomic mass is 9.87. The summed E-state index contributed by atoms with van der Waals surface area (Å²) in [6.07, 6.45) is 4.86. The highest BCUT2D eigenvalue weighted by Gasteiger charge is 2.22. The summed E-state index contributed by atoms with van der Waals surface area (Å²) in [6, 6.07) is 9.66. The Hall–Kier alpha value is -2.32. The third kappa shape index (κ3) is 4.39. The summed E-state index contributed by atoms with van der Waals surface area (Å²) in [5, 5.41) is 12.4. The summed E-state index contributed by atoms with van der Waals surface area (Å²) in [5.41, 5.74) is 2.14. The van der Waals surface area contributed by atoms with Gasteiger partial charge in [-0.15, -0.1) is 21.5 Å². The number of aromatic nitrogens is 3. The van der Waals surface area contributed by atoms with E-state index in [2.05, 4.69) is 28.5 Å². The fraction of sp³-hybridized carbons (Fsp3) is 0.409. The molecule has 158 valence electrons. The summed E-state index contributed by atoms with van der Waals surface area (Å²) in [6.45, 7) is 2.28. The number of anilines is 1. The number of carbonyl (C=O) groups excluding carboxylic acids is 1. The van der Waals surface area contributed by atoms with E-state index >= 15 is 0 Å². The number of nitrogens with zero attached hydrogens (tertiary/aromatic N) is 3. The van der Waals surface area contributed by atoms with Crippen LogP contribution in [-0.2, 0) is 24.7 Å². The van der Waals surface area contributed by atoms with Crippen LogP contribution in [0.5, 0.6) is 5.75 Å². The third-order valence-corrected chi connectivity index (χ3v) is 7.78. The lowest BCUT2D eigenvalue weighted by Crippen LogP contribution is -2.15. The fourth-order valence-corrected chi connectivity index (χ4v) is 5.72. The Balaban J connectivity index is 1.42. The third-order valence-electron chi connectivity index (χ3n) is 5.53. The minimum absolute atomic E-state index is 0.105. The molecular weight excluding hydrogens is 416 g/mol. The highest BCUT2D eigenvalue weighted by Crippen LogP contribution is 2.38. The molecule has 0 radical (unpaired) electrons. The van der Waals surface area contributed by atoms with Crippen molar-refractivity contribution in [2.75, 3.05) is 18.2 Å². The maximum atomic E-state index is 12.4. The number of methoxy groups -OCH3 is 1. The molecule has 0 spiro atoms. The number of benzene rings is 1. The topological polar surface area (TPSA) is 69.0 Å². The van der Waals surface area contributed by atoms with Gasteiger partial charge in [0, 0.05) is 11.9 Å². The van der Waals surface area contributed by atoms with Gasteiger partial charge in [-0.1, -0.05) is 37.2 Å². The van der Waals surface area contributed by atoms with Crippen LogP contribution in [-0.4, -0.2) is 33.5 Å². The Kier molecular flexibility index (Phi) is 6.43. The number of hydrogen-bond acceptors (Lipinski definition) is 6. The molecule has 1 N–H and O–H groups in total. The molecule has 8 heteroatoms. The van der Waals surface area contributed by atoms with Crippen molar-refractivity contribution in [1.82, 2.24) is 14.8 Å². The van der Waals surface area contributed by atoms with Crippen LogP contribution in [0.3, 0.4) is 0 Å². The quantitative estimate of drug-likeness (QED) is 0.533. The molecule has 2 aromatic heterocycles. The van der Waals surface area contributed by atoms with Crippen LogP contribution in [0.15, 0.2) is 35.5 Å². The van der Waals surface area contributed by atoms with Gasteiger partial charge < -0.3 is 14.6 Å². The molecule has 4 rings (SSSR count). The van der Waals surface area contributed by atoms with Gasteiger partial charge in [-0.3, -0.25) is 4.79 Å². The van der Waals surface area contributed by atoms with E-state index in [9.17, 15) is 4.79 Å². The van der Waals surface area contributed by atoms with Crippen molar-refractivity contribution >= 4 is 34.7 Å². The number of thiophene rings is 1. The van der Waals surface area contributed by atoms with Gasteiger partial charge >= 0.3 is 0 Å². The largest absolute Gasteiger partial charge is 0.495 e. The van der Waals surface area contributed by atoms with E-state index in [4.69, 9.17) is 4.74 Å². The molecule has 2 heterocycles. The fourth-order valence-electron chi connectivity index (χ4n) is 3.78. The molecule has 0 saturated heterocycles. The minimum Gasteiger partial charge on any atom is -0.495 e. The first-order valence-corrected chi connectivity index (χ1v) is 12.0. The van der Waals surface area contributed by atoms with Crippen LogP contribution < -0.4 is 10.1 Å². The van der Waals surface area contributed by atoms with E-state index < -0.39 is 0 Å². The molecular formula is C22H26N4O2S2. The highest BCUT2D eigenvalue weighted by molar-refractivity contribution is 7.99. The lowest BCUT2D eigenvalue weighted by Gasteiger charge is -2.19. The van der Waals surface area contributed by atoms with Crippen LogP contribution in [0.1, 0.15) is 30.2 Å². The van der Waals surface area contributed by atoms with E-state index in [0.29, 0.717) is 11.4 Å². The standard InChI is InChI=1S/C22H26N4O2S2/c1-4-14-9-10-18-15(11-14)12-19(30-18)21-24-25-22(26(21)2)29-13-20(27)23-16-7-5-6-8-17(16)28-3/h5-8,12,14H,4,9-11,13H2,1-3H3,(H,23,27)/t14-/m0/s1. The number of carbonyl (C=O) groups is 1. The van der Waals surface area contributed by atoms with Crippen LogP contribution in [0.25, 0.3) is 10.7 Å². The van der Waals surface area contributed by atoms with Crippen LogP contribution in [0.2, 0.25) is 0 Å². The SMILES string of the molecule is CC[C@H]1CCc2sc(-c3nnc(SCC(=O)Nc4ccccc4OC)n3C)cc2C1. The maximum Gasteiger partial charge on any atom is 0.234 e. The van der Waals surface area contributed by atoms with Crippen molar-refractivity contribution in [3.05, 3.63) is 40.8 Å². The lowest BCUT2D eigenvalue weighted by molar-refractivity contribution is -0.113. The molecule has 0 aliphatic heterocycles.